The Morgan fingerprint density at radius 2 is 1.95 bits per heavy atom. The van der Waals surface area contributed by atoms with Crippen molar-refractivity contribution in [2.24, 2.45) is 0 Å². The number of rotatable bonds is 2. The number of nitrogens with zero attached hydrogens (tertiary/aromatic N) is 2. The van der Waals surface area contributed by atoms with Gasteiger partial charge in [0.1, 0.15) is 5.69 Å². The number of carbonyl (C=O) groups excluding carboxylic acids is 1. The smallest absolute Gasteiger partial charge is 0.274 e. The molecule has 4 nitrogen and oxygen atoms in total. The Labute approximate surface area is 111 Å². The molecule has 0 spiro atoms. The van der Waals surface area contributed by atoms with Crippen LogP contribution in [0.3, 0.4) is 0 Å². The van der Waals surface area contributed by atoms with Crippen molar-refractivity contribution in [2.45, 2.75) is 13.8 Å². The van der Waals surface area contributed by atoms with E-state index < -0.39 is 0 Å². The molecule has 0 fully saturated rings. The molecule has 1 aromatic heterocycles. The molecule has 19 heavy (non-hydrogen) atoms. The first kappa shape index (κ1) is 12.8. The fourth-order valence-corrected chi connectivity index (χ4v) is 1.81. The van der Waals surface area contributed by atoms with Gasteiger partial charge in [-0.3, -0.25) is 9.78 Å². The predicted octanol–water partition coefficient (Wildman–Crippen LogP) is 2.82. The molecule has 0 aliphatic rings. The molecule has 1 N–H and O–H groups in total. The number of hydrogen-bond acceptors (Lipinski definition) is 3. The summed E-state index contributed by atoms with van der Waals surface area (Å²) >= 11 is 0. The van der Waals surface area contributed by atoms with Crippen molar-refractivity contribution in [1.29, 1.82) is 5.26 Å². The molecule has 2 aromatic rings. The maximum absolute atomic E-state index is 12.1. The first-order valence-electron chi connectivity index (χ1n) is 5.85. The monoisotopic (exact) mass is 251 g/mol. The fourth-order valence-electron chi connectivity index (χ4n) is 1.81. The van der Waals surface area contributed by atoms with Gasteiger partial charge in [0, 0.05) is 11.9 Å². The summed E-state index contributed by atoms with van der Waals surface area (Å²) in [6.45, 7) is 3.86. The fraction of sp³-hybridized carbons (Fsp3) is 0.133. The van der Waals surface area contributed by atoms with Crippen molar-refractivity contribution in [3.63, 3.8) is 0 Å². The number of anilines is 1. The lowest BCUT2D eigenvalue weighted by atomic mass is 10.1. The van der Waals surface area contributed by atoms with E-state index in [4.69, 9.17) is 5.26 Å². The summed E-state index contributed by atoms with van der Waals surface area (Å²) in [6.07, 6.45) is 1.46. The molecule has 0 saturated carbocycles. The van der Waals surface area contributed by atoms with Gasteiger partial charge in [0.05, 0.1) is 11.6 Å². The molecule has 0 aliphatic heterocycles. The van der Waals surface area contributed by atoms with Crippen LogP contribution in [-0.2, 0) is 0 Å². The number of pyridine rings is 1. The van der Waals surface area contributed by atoms with Crippen LogP contribution < -0.4 is 5.32 Å². The molecular formula is C15H13N3O. The van der Waals surface area contributed by atoms with Crippen molar-refractivity contribution >= 4 is 11.6 Å². The summed E-state index contributed by atoms with van der Waals surface area (Å²) in [5, 5.41) is 11.6. The van der Waals surface area contributed by atoms with Crippen LogP contribution in [0.25, 0.3) is 0 Å². The van der Waals surface area contributed by atoms with Gasteiger partial charge in [0.15, 0.2) is 0 Å². The molecule has 94 valence electrons. The Morgan fingerprint density at radius 1 is 1.26 bits per heavy atom. The van der Waals surface area contributed by atoms with Crippen LogP contribution in [0, 0.1) is 25.2 Å². The van der Waals surface area contributed by atoms with Crippen LogP contribution in [0.1, 0.15) is 27.2 Å². The topological polar surface area (TPSA) is 65.8 Å². The van der Waals surface area contributed by atoms with Crippen molar-refractivity contribution in [3.8, 4) is 6.07 Å². The van der Waals surface area contributed by atoms with Crippen molar-refractivity contribution < 1.29 is 4.79 Å². The van der Waals surface area contributed by atoms with Crippen LogP contribution in [0.4, 0.5) is 5.69 Å². The second-order valence-corrected chi connectivity index (χ2v) is 4.26. The first-order valence-corrected chi connectivity index (χ1v) is 5.85. The molecule has 0 aliphatic carbocycles. The highest BCUT2D eigenvalue weighted by Gasteiger charge is 2.11. The van der Waals surface area contributed by atoms with Crippen LogP contribution in [0.5, 0.6) is 0 Å². The number of nitrogens with one attached hydrogen (secondary N) is 1. The van der Waals surface area contributed by atoms with Gasteiger partial charge in [-0.05, 0) is 37.1 Å². The SMILES string of the molecule is Cc1cccc(C)c1NC(=O)c1cc(C#N)ccn1. The third-order valence-electron chi connectivity index (χ3n) is 2.84. The summed E-state index contributed by atoms with van der Waals surface area (Å²) in [4.78, 5) is 16.1. The number of carbonyl (C=O) groups is 1. The van der Waals surface area contributed by atoms with Gasteiger partial charge in [0.2, 0.25) is 0 Å². The minimum atomic E-state index is -0.311. The van der Waals surface area contributed by atoms with E-state index in [1.54, 1.807) is 6.07 Å². The molecule has 4 heteroatoms. The number of hydrogen-bond donors (Lipinski definition) is 1. The Balaban J connectivity index is 2.29. The van der Waals surface area contributed by atoms with E-state index in [9.17, 15) is 4.79 Å². The number of aromatic nitrogens is 1. The highest BCUT2D eigenvalue weighted by molar-refractivity contribution is 6.03. The summed E-state index contributed by atoms with van der Waals surface area (Å²) in [7, 11) is 0. The molecule has 0 unspecified atom stereocenters. The van der Waals surface area contributed by atoms with Gasteiger partial charge in [-0.2, -0.15) is 5.26 Å². The van der Waals surface area contributed by atoms with E-state index in [0.717, 1.165) is 16.8 Å². The summed E-state index contributed by atoms with van der Waals surface area (Å²) in [6, 6.07) is 10.8. The van der Waals surface area contributed by atoms with Gasteiger partial charge < -0.3 is 5.32 Å². The quantitative estimate of drug-likeness (QED) is 0.892. The van der Waals surface area contributed by atoms with Crippen LogP contribution in [-0.4, -0.2) is 10.9 Å². The molecule has 1 heterocycles. The van der Waals surface area contributed by atoms with E-state index >= 15 is 0 Å². The normalized spacial score (nSPS) is 9.74. The van der Waals surface area contributed by atoms with E-state index in [0.29, 0.717) is 5.56 Å². The highest BCUT2D eigenvalue weighted by atomic mass is 16.1. The number of aryl methyl sites for hydroxylation is 2. The van der Waals surface area contributed by atoms with Crippen LogP contribution in [0.15, 0.2) is 36.5 Å². The minimum Gasteiger partial charge on any atom is -0.320 e. The Morgan fingerprint density at radius 3 is 2.58 bits per heavy atom. The van der Waals surface area contributed by atoms with Crippen molar-refractivity contribution in [1.82, 2.24) is 4.98 Å². The zero-order chi connectivity index (χ0) is 13.8. The average Bonchev–Trinajstić information content (AvgIpc) is 2.43. The van der Waals surface area contributed by atoms with Gasteiger partial charge in [-0.25, -0.2) is 0 Å². The first-order chi connectivity index (χ1) is 9.11. The highest BCUT2D eigenvalue weighted by Crippen LogP contribution is 2.20. The number of benzene rings is 1. The third kappa shape index (κ3) is 2.78. The predicted molar refractivity (Wildman–Crippen MR) is 72.8 cm³/mol. The Kier molecular flexibility index (Phi) is 3.58. The lowest BCUT2D eigenvalue weighted by Gasteiger charge is -2.10. The Bertz CT molecular complexity index is 651. The zero-order valence-corrected chi connectivity index (χ0v) is 10.8. The van der Waals surface area contributed by atoms with Gasteiger partial charge in [-0.1, -0.05) is 18.2 Å². The van der Waals surface area contributed by atoms with E-state index in [-0.39, 0.29) is 11.6 Å². The largest absolute Gasteiger partial charge is 0.320 e. The van der Waals surface area contributed by atoms with Gasteiger partial charge in [0.25, 0.3) is 5.91 Å². The molecule has 1 aromatic carbocycles. The number of para-hydroxylation sites is 1. The van der Waals surface area contributed by atoms with Crippen LogP contribution in [0.2, 0.25) is 0 Å². The molecule has 0 bridgehead atoms. The zero-order valence-electron chi connectivity index (χ0n) is 10.8. The van der Waals surface area contributed by atoms with E-state index in [1.807, 2.05) is 38.1 Å². The lowest BCUT2D eigenvalue weighted by Crippen LogP contribution is -2.15. The van der Waals surface area contributed by atoms with Crippen LogP contribution >= 0.6 is 0 Å². The molecule has 0 saturated heterocycles. The maximum atomic E-state index is 12.1. The summed E-state index contributed by atoms with van der Waals surface area (Å²) in [5.74, 6) is -0.311. The number of nitriles is 1. The Hall–Kier alpha value is -2.67. The standard InChI is InChI=1S/C15H13N3O/c1-10-4-3-5-11(2)14(10)18-15(19)13-8-12(9-16)6-7-17-13/h3-8H,1-2H3,(H,18,19). The molecule has 1 amide bonds. The molecule has 0 atom stereocenters. The lowest BCUT2D eigenvalue weighted by molar-refractivity contribution is 0.102. The summed E-state index contributed by atoms with van der Waals surface area (Å²) in [5.41, 5.74) is 3.43. The average molecular weight is 251 g/mol. The number of amides is 1. The molecular weight excluding hydrogens is 238 g/mol. The summed E-state index contributed by atoms with van der Waals surface area (Å²) < 4.78 is 0. The van der Waals surface area contributed by atoms with Crippen molar-refractivity contribution in [3.05, 3.63) is 58.9 Å². The maximum Gasteiger partial charge on any atom is 0.274 e. The van der Waals surface area contributed by atoms with Gasteiger partial charge in [-0.15, -0.1) is 0 Å². The van der Waals surface area contributed by atoms with E-state index in [2.05, 4.69) is 10.3 Å². The van der Waals surface area contributed by atoms with Gasteiger partial charge >= 0.3 is 0 Å². The molecule has 0 radical (unpaired) electrons. The second-order valence-electron chi connectivity index (χ2n) is 4.26. The third-order valence-corrected chi connectivity index (χ3v) is 2.84. The minimum absolute atomic E-state index is 0.238. The van der Waals surface area contributed by atoms with Crippen molar-refractivity contribution in [2.75, 3.05) is 5.32 Å². The second kappa shape index (κ2) is 5.32. The molecule has 2 rings (SSSR count). The van der Waals surface area contributed by atoms with E-state index in [1.165, 1.54) is 12.3 Å².